The summed E-state index contributed by atoms with van der Waals surface area (Å²) >= 11 is 1.58. The van der Waals surface area contributed by atoms with Crippen molar-refractivity contribution in [2.75, 3.05) is 18.1 Å². The minimum absolute atomic E-state index is 0.0563. The average Bonchev–Trinajstić information content (AvgIpc) is 3.25. The van der Waals surface area contributed by atoms with Crippen LogP contribution in [0.15, 0.2) is 5.16 Å². The quantitative estimate of drug-likeness (QED) is 0.582. The molecule has 2 fully saturated rings. The molecule has 4 rings (SSSR count). The zero-order valence-corrected chi connectivity index (χ0v) is 16.9. The maximum atomic E-state index is 6.19. The molecule has 1 saturated carbocycles. The van der Waals surface area contributed by atoms with E-state index < -0.39 is 5.79 Å². The van der Waals surface area contributed by atoms with Crippen molar-refractivity contribution in [1.29, 1.82) is 0 Å². The number of fused-ring (bicyclic) bond motifs is 2. The Labute approximate surface area is 162 Å². The Hall–Kier alpha value is -1.49. The first-order valence-electron chi connectivity index (χ1n) is 9.42. The normalized spacial score (nSPS) is 29.5. The van der Waals surface area contributed by atoms with Gasteiger partial charge in [0.1, 0.15) is 12.2 Å². The molecule has 9 nitrogen and oxygen atoms in total. The molecule has 0 spiro atoms. The third kappa shape index (κ3) is 3.39. The highest BCUT2D eigenvalue weighted by Crippen LogP contribution is 2.45. The molecule has 2 aromatic heterocycles. The molecule has 0 radical (unpaired) electrons. The summed E-state index contributed by atoms with van der Waals surface area (Å²) in [5.74, 6) is 0.623. The molecule has 1 aliphatic carbocycles. The zero-order valence-electron chi connectivity index (χ0n) is 16.1. The van der Waals surface area contributed by atoms with Crippen LogP contribution in [0.4, 0.5) is 5.82 Å². The Morgan fingerprint density at radius 2 is 2.04 bits per heavy atom. The van der Waals surface area contributed by atoms with Crippen molar-refractivity contribution >= 4 is 28.7 Å². The molecule has 10 heteroatoms. The van der Waals surface area contributed by atoms with Gasteiger partial charge in [0.2, 0.25) is 0 Å². The number of nitrogens with two attached hydrogens (primary N) is 1. The second kappa shape index (κ2) is 7.16. The van der Waals surface area contributed by atoms with Gasteiger partial charge in [0, 0.05) is 18.8 Å². The molecule has 2 N–H and O–H groups in total. The molecule has 0 aromatic carbocycles. The van der Waals surface area contributed by atoms with Crippen molar-refractivity contribution in [3.8, 4) is 0 Å². The van der Waals surface area contributed by atoms with Gasteiger partial charge in [0.15, 0.2) is 27.9 Å². The molecular weight excluding hydrogens is 368 g/mol. The Kier molecular flexibility index (Phi) is 5.00. The smallest absolute Gasteiger partial charge is 0.191 e. The van der Waals surface area contributed by atoms with Gasteiger partial charge >= 0.3 is 0 Å². The molecule has 0 bridgehead atoms. The summed E-state index contributed by atoms with van der Waals surface area (Å²) in [5, 5.41) is 9.21. The summed E-state index contributed by atoms with van der Waals surface area (Å²) < 4.78 is 20.0. The number of ether oxygens (including phenoxy) is 3. The van der Waals surface area contributed by atoms with Gasteiger partial charge in [-0.2, -0.15) is 0 Å². The third-order valence-electron chi connectivity index (χ3n) is 4.84. The molecular formula is C17H26N6O3S. The maximum absolute atomic E-state index is 6.19. The fourth-order valence-corrected chi connectivity index (χ4v) is 4.54. The van der Waals surface area contributed by atoms with Crippen LogP contribution in [0.5, 0.6) is 0 Å². The second-order valence-electron chi connectivity index (χ2n) is 7.31. The fourth-order valence-electron chi connectivity index (χ4n) is 3.84. The minimum atomic E-state index is -0.657. The molecule has 2 aromatic rings. The van der Waals surface area contributed by atoms with Gasteiger partial charge in [0.25, 0.3) is 0 Å². The largest absolute Gasteiger partial charge is 0.382 e. The summed E-state index contributed by atoms with van der Waals surface area (Å²) in [5.41, 5.74) is 7.26. The first-order valence-corrected chi connectivity index (χ1v) is 10.4. The molecule has 2 aliphatic rings. The van der Waals surface area contributed by atoms with Crippen LogP contribution >= 0.6 is 11.8 Å². The van der Waals surface area contributed by atoms with E-state index in [4.69, 9.17) is 19.9 Å². The van der Waals surface area contributed by atoms with Crippen LogP contribution in [-0.2, 0) is 14.2 Å². The lowest BCUT2D eigenvalue weighted by Crippen LogP contribution is -2.31. The first-order chi connectivity index (χ1) is 12.9. The maximum Gasteiger partial charge on any atom is 0.191 e. The monoisotopic (exact) mass is 394 g/mol. The molecule has 0 amide bonds. The van der Waals surface area contributed by atoms with E-state index in [1.54, 1.807) is 11.8 Å². The number of hydrogen-bond acceptors (Lipinski definition) is 9. The van der Waals surface area contributed by atoms with Crippen molar-refractivity contribution in [2.24, 2.45) is 0 Å². The van der Waals surface area contributed by atoms with Crippen LogP contribution < -0.4 is 5.73 Å². The van der Waals surface area contributed by atoms with Crippen LogP contribution in [0, 0.1) is 0 Å². The van der Waals surface area contributed by atoms with Crippen molar-refractivity contribution in [3.05, 3.63) is 0 Å². The van der Waals surface area contributed by atoms with Crippen LogP contribution in [0.1, 0.15) is 46.6 Å². The Morgan fingerprint density at radius 1 is 1.26 bits per heavy atom. The SMILES string of the molecule is CCCSc1nc(N)c2nnn([C@@H]3C[C@H](OCC)[C@H]4OC(C)(C)O[C@H]43)c2n1. The average molecular weight is 395 g/mol. The number of aromatic nitrogens is 5. The van der Waals surface area contributed by atoms with E-state index in [0.717, 1.165) is 18.6 Å². The minimum Gasteiger partial charge on any atom is -0.382 e. The molecule has 27 heavy (non-hydrogen) atoms. The van der Waals surface area contributed by atoms with E-state index in [-0.39, 0.29) is 24.4 Å². The van der Waals surface area contributed by atoms with Crippen molar-refractivity contribution in [2.45, 2.75) is 75.8 Å². The van der Waals surface area contributed by atoms with E-state index in [1.165, 1.54) is 0 Å². The number of nitrogens with zero attached hydrogens (tertiary/aromatic N) is 5. The van der Waals surface area contributed by atoms with Gasteiger partial charge in [-0.05, 0) is 27.2 Å². The number of nitrogen functional groups attached to an aromatic ring is 1. The van der Waals surface area contributed by atoms with Crippen LogP contribution in [0.3, 0.4) is 0 Å². The predicted octanol–water partition coefficient (Wildman–Crippen LogP) is 2.18. The third-order valence-corrected chi connectivity index (χ3v) is 5.90. The zero-order chi connectivity index (χ0) is 19.2. The standard InChI is InChI=1S/C17H26N6O3S/c1-5-7-27-16-19-14(18)11-15(20-16)23(22-21-11)9-8-10(24-6-2)13-12(9)25-17(3,4)26-13/h9-10,12-13H,5-8H2,1-4H3,(H2,18,19,20)/t9-,10+,12+,13-/m1/s1. The van der Waals surface area contributed by atoms with E-state index in [1.807, 2.05) is 25.5 Å². The van der Waals surface area contributed by atoms with Gasteiger partial charge in [-0.1, -0.05) is 23.9 Å². The van der Waals surface area contributed by atoms with Gasteiger partial charge in [0.05, 0.1) is 12.1 Å². The lowest BCUT2D eigenvalue weighted by atomic mass is 10.2. The predicted molar refractivity (Wildman–Crippen MR) is 101 cm³/mol. The Morgan fingerprint density at radius 3 is 2.78 bits per heavy atom. The van der Waals surface area contributed by atoms with Gasteiger partial charge in [-0.25, -0.2) is 14.6 Å². The van der Waals surface area contributed by atoms with Crippen LogP contribution in [0.25, 0.3) is 11.2 Å². The number of thioether (sulfide) groups is 1. The Balaban J connectivity index is 1.71. The summed E-state index contributed by atoms with van der Waals surface area (Å²) in [6, 6.07) is -0.0864. The molecule has 1 aliphatic heterocycles. The highest BCUT2D eigenvalue weighted by atomic mass is 32.2. The topological polar surface area (TPSA) is 110 Å². The van der Waals surface area contributed by atoms with Crippen LogP contribution in [0.2, 0.25) is 0 Å². The van der Waals surface area contributed by atoms with Crippen molar-refractivity contribution < 1.29 is 14.2 Å². The molecule has 1 saturated heterocycles. The summed E-state index contributed by atoms with van der Waals surface area (Å²) in [7, 11) is 0. The fraction of sp³-hybridized carbons (Fsp3) is 0.765. The van der Waals surface area contributed by atoms with Gasteiger partial charge in [-0.15, -0.1) is 5.10 Å². The highest BCUT2D eigenvalue weighted by molar-refractivity contribution is 7.99. The summed E-state index contributed by atoms with van der Waals surface area (Å²) in [4.78, 5) is 9.02. The molecule has 3 heterocycles. The van der Waals surface area contributed by atoms with Gasteiger partial charge < -0.3 is 19.9 Å². The van der Waals surface area contributed by atoms with E-state index >= 15 is 0 Å². The molecule has 4 atom stereocenters. The van der Waals surface area contributed by atoms with Crippen molar-refractivity contribution in [3.63, 3.8) is 0 Å². The van der Waals surface area contributed by atoms with Crippen LogP contribution in [-0.4, -0.2) is 61.4 Å². The lowest BCUT2D eigenvalue weighted by molar-refractivity contribution is -0.170. The molecule has 148 valence electrons. The Bertz CT molecular complexity index is 828. The number of hydrogen-bond donors (Lipinski definition) is 1. The highest BCUT2D eigenvalue weighted by Gasteiger charge is 2.55. The van der Waals surface area contributed by atoms with E-state index in [0.29, 0.717) is 28.7 Å². The van der Waals surface area contributed by atoms with Crippen molar-refractivity contribution in [1.82, 2.24) is 25.0 Å². The van der Waals surface area contributed by atoms with E-state index in [2.05, 4.69) is 27.2 Å². The summed E-state index contributed by atoms with van der Waals surface area (Å²) in [6.07, 6.45) is 1.38. The molecule has 0 unspecified atom stereocenters. The lowest BCUT2D eigenvalue weighted by Gasteiger charge is -2.23. The second-order valence-corrected chi connectivity index (χ2v) is 8.37. The number of anilines is 1. The van der Waals surface area contributed by atoms with E-state index in [9.17, 15) is 0 Å². The number of rotatable bonds is 6. The first kappa shape index (κ1) is 18.9. The van der Waals surface area contributed by atoms with Gasteiger partial charge in [-0.3, -0.25) is 0 Å². The summed E-state index contributed by atoms with van der Waals surface area (Å²) in [6.45, 7) is 8.57.